The minimum absolute atomic E-state index is 0.00256. The summed E-state index contributed by atoms with van der Waals surface area (Å²) in [5.41, 5.74) is 1.02. The van der Waals surface area contributed by atoms with Crippen LogP contribution in [0.25, 0.3) is 0 Å². The molecule has 0 aromatic heterocycles. The number of anilines is 1. The molecule has 0 bridgehead atoms. The minimum atomic E-state index is -3.87. The largest absolute Gasteiger partial charge is 0.497 e. The highest BCUT2D eigenvalue weighted by molar-refractivity contribution is 9.10. The third kappa shape index (κ3) is 4.48. The first-order chi connectivity index (χ1) is 12.9. The smallest absolute Gasteiger partial charge is 0.264 e. The van der Waals surface area contributed by atoms with Gasteiger partial charge in [-0.25, -0.2) is 12.8 Å². The number of nitrogens with zero attached hydrogens (tertiary/aromatic N) is 1. The molecule has 0 aliphatic rings. The Hall–Kier alpha value is -2.38. The zero-order valence-corrected chi connectivity index (χ0v) is 16.9. The molecule has 0 aliphatic carbocycles. The van der Waals surface area contributed by atoms with Crippen molar-refractivity contribution in [2.24, 2.45) is 0 Å². The Balaban J connectivity index is 2.07. The molecule has 0 atom stereocenters. The Morgan fingerprint density at radius 2 is 1.70 bits per heavy atom. The number of rotatable bonds is 6. The lowest BCUT2D eigenvalue weighted by atomic mass is 10.2. The summed E-state index contributed by atoms with van der Waals surface area (Å²) >= 11 is 3.37. The molecule has 0 amide bonds. The molecule has 3 aromatic rings. The molecule has 0 saturated heterocycles. The fraction of sp³-hybridized carbons (Fsp3) is 0.100. The van der Waals surface area contributed by atoms with Crippen molar-refractivity contribution >= 4 is 31.6 Å². The number of methoxy groups -OCH3 is 1. The summed E-state index contributed by atoms with van der Waals surface area (Å²) in [5, 5.41) is 0. The van der Waals surface area contributed by atoms with Gasteiger partial charge in [0.1, 0.15) is 11.6 Å². The van der Waals surface area contributed by atoms with Crippen LogP contribution in [0, 0.1) is 5.82 Å². The third-order valence-corrected chi connectivity index (χ3v) is 6.24. The van der Waals surface area contributed by atoms with Gasteiger partial charge < -0.3 is 4.74 Å². The minimum Gasteiger partial charge on any atom is -0.497 e. The zero-order valence-electron chi connectivity index (χ0n) is 14.5. The van der Waals surface area contributed by atoms with Crippen molar-refractivity contribution in [2.75, 3.05) is 11.4 Å². The van der Waals surface area contributed by atoms with E-state index in [2.05, 4.69) is 15.9 Å². The highest BCUT2D eigenvalue weighted by Crippen LogP contribution is 2.29. The molecule has 0 unspecified atom stereocenters. The van der Waals surface area contributed by atoms with Crippen molar-refractivity contribution < 1.29 is 17.5 Å². The molecule has 0 saturated carbocycles. The van der Waals surface area contributed by atoms with E-state index < -0.39 is 15.8 Å². The van der Waals surface area contributed by atoms with Crippen LogP contribution < -0.4 is 9.04 Å². The van der Waals surface area contributed by atoms with Gasteiger partial charge in [-0.15, -0.1) is 0 Å². The van der Waals surface area contributed by atoms with Gasteiger partial charge in [-0.3, -0.25) is 4.31 Å². The van der Waals surface area contributed by atoms with Gasteiger partial charge in [-0.2, -0.15) is 0 Å². The molecule has 140 valence electrons. The van der Waals surface area contributed by atoms with E-state index >= 15 is 0 Å². The van der Waals surface area contributed by atoms with Gasteiger partial charge in [0.05, 0.1) is 24.2 Å². The van der Waals surface area contributed by atoms with Crippen LogP contribution in [0.1, 0.15) is 5.56 Å². The van der Waals surface area contributed by atoms with Crippen LogP contribution >= 0.6 is 15.9 Å². The van der Waals surface area contributed by atoms with E-state index in [0.717, 1.165) is 4.47 Å². The van der Waals surface area contributed by atoms with Gasteiger partial charge in [0, 0.05) is 4.47 Å². The molecule has 27 heavy (non-hydrogen) atoms. The lowest BCUT2D eigenvalue weighted by molar-refractivity contribution is 0.414. The standard InChI is InChI=1S/C20H17BrFNO3S/c1-26-19-8-10-20(11-9-19)27(24,25)23(18-7-3-5-16(21)13-18)14-15-4-2-6-17(22)12-15/h2-13H,14H2,1H3. The molecule has 0 heterocycles. The molecule has 0 radical (unpaired) electrons. The highest BCUT2D eigenvalue weighted by Gasteiger charge is 2.25. The molecular formula is C20H17BrFNO3S. The van der Waals surface area contributed by atoms with Gasteiger partial charge >= 0.3 is 0 Å². The molecule has 0 aliphatic heterocycles. The zero-order chi connectivity index (χ0) is 19.4. The van der Waals surface area contributed by atoms with E-state index in [9.17, 15) is 12.8 Å². The summed E-state index contributed by atoms with van der Waals surface area (Å²) < 4.78 is 47.3. The second-order valence-electron chi connectivity index (χ2n) is 5.80. The summed E-state index contributed by atoms with van der Waals surface area (Å²) in [7, 11) is -2.36. The van der Waals surface area contributed by atoms with Crippen LogP contribution in [0.2, 0.25) is 0 Å². The van der Waals surface area contributed by atoms with Crippen LogP contribution in [0.4, 0.5) is 10.1 Å². The predicted molar refractivity (Wildman–Crippen MR) is 107 cm³/mol. The normalized spacial score (nSPS) is 11.2. The Kier molecular flexibility index (Phi) is 5.82. The van der Waals surface area contributed by atoms with Gasteiger partial charge in [0.25, 0.3) is 10.0 Å². The summed E-state index contributed by atoms with van der Waals surface area (Å²) in [4.78, 5) is 0.125. The number of sulfonamides is 1. The average Bonchev–Trinajstić information content (AvgIpc) is 2.66. The van der Waals surface area contributed by atoms with Crippen LogP contribution in [-0.4, -0.2) is 15.5 Å². The fourth-order valence-electron chi connectivity index (χ4n) is 2.62. The van der Waals surface area contributed by atoms with Crippen LogP contribution in [0.3, 0.4) is 0 Å². The van der Waals surface area contributed by atoms with Gasteiger partial charge in [0.2, 0.25) is 0 Å². The van der Waals surface area contributed by atoms with Gasteiger partial charge in [-0.05, 0) is 60.2 Å². The van der Waals surface area contributed by atoms with E-state index in [1.807, 2.05) is 6.07 Å². The summed E-state index contributed by atoms with van der Waals surface area (Å²) in [5.74, 6) is 0.150. The van der Waals surface area contributed by atoms with Crippen molar-refractivity contribution in [3.8, 4) is 5.75 Å². The first-order valence-corrected chi connectivity index (χ1v) is 10.3. The van der Waals surface area contributed by atoms with E-state index in [1.54, 1.807) is 42.5 Å². The van der Waals surface area contributed by atoms with Crippen molar-refractivity contribution in [1.82, 2.24) is 0 Å². The topological polar surface area (TPSA) is 46.6 Å². The van der Waals surface area contributed by atoms with Crippen LogP contribution in [0.15, 0.2) is 82.2 Å². The first-order valence-electron chi connectivity index (χ1n) is 8.07. The van der Waals surface area contributed by atoms with Gasteiger partial charge in [0.15, 0.2) is 0 Å². The van der Waals surface area contributed by atoms with Gasteiger partial charge in [-0.1, -0.05) is 34.1 Å². The number of benzene rings is 3. The summed E-state index contributed by atoms with van der Waals surface area (Å²) in [6, 6.07) is 19.0. The maximum Gasteiger partial charge on any atom is 0.264 e. The second kappa shape index (κ2) is 8.10. The van der Waals surface area contributed by atoms with Crippen molar-refractivity contribution in [1.29, 1.82) is 0 Å². The Bertz CT molecular complexity index is 1040. The molecular weight excluding hydrogens is 433 g/mol. The highest BCUT2D eigenvalue weighted by atomic mass is 79.9. The molecule has 3 aromatic carbocycles. The number of hydrogen-bond acceptors (Lipinski definition) is 3. The van der Waals surface area contributed by atoms with E-state index in [0.29, 0.717) is 17.0 Å². The Labute approximate surface area is 166 Å². The van der Waals surface area contributed by atoms with E-state index in [-0.39, 0.29) is 11.4 Å². The van der Waals surface area contributed by atoms with Crippen molar-refractivity contribution in [3.05, 3.63) is 88.6 Å². The number of hydrogen-bond donors (Lipinski definition) is 0. The maximum atomic E-state index is 13.6. The first kappa shape index (κ1) is 19.4. The Morgan fingerprint density at radius 1 is 1.00 bits per heavy atom. The predicted octanol–water partition coefficient (Wildman–Crippen LogP) is 4.99. The average molecular weight is 450 g/mol. The molecule has 7 heteroatoms. The van der Waals surface area contributed by atoms with Crippen molar-refractivity contribution in [3.63, 3.8) is 0 Å². The second-order valence-corrected chi connectivity index (χ2v) is 8.57. The lowest BCUT2D eigenvalue weighted by Gasteiger charge is -2.25. The molecule has 0 N–H and O–H groups in total. The molecule has 0 fully saturated rings. The monoisotopic (exact) mass is 449 g/mol. The van der Waals surface area contributed by atoms with E-state index in [1.165, 1.54) is 35.7 Å². The maximum absolute atomic E-state index is 13.6. The SMILES string of the molecule is COc1ccc(S(=O)(=O)N(Cc2cccc(F)c2)c2cccc(Br)c2)cc1. The van der Waals surface area contributed by atoms with Crippen molar-refractivity contribution in [2.45, 2.75) is 11.4 Å². The number of ether oxygens (including phenoxy) is 1. The molecule has 3 rings (SSSR count). The van der Waals surface area contributed by atoms with E-state index in [4.69, 9.17) is 4.74 Å². The quantitative estimate of drug-likeness (QED) is 0.532. The lowest BCUT2D eigenvalue weighted by Crippen LogP contribution is -2.30. The summed E-state index contributed by atoms with van der Waals surface area (Å²) in [6.07, 6.45) is 0. The van der Waals surface area contributed by atoms with Crippen LogP contribution in [0.5, 0.6) is 5.75 Å². The molecule has 0 spiro atoms. The molecule has 4 nitrogen and oxygen atoms in total. The summed E-state index contributed by atoms with van der Waals surface area (Å²) in [6.45, 7) is 0.00256. The third-order valence-electron chi connectivity index (χ3n) is 3.96. The fourth-order valence-corrected chi connectivity index (χ4v) is 4.45. The van der Waals surface area contributed by atoms with Crippen LogP contribution in [-0.2, 0) is 16.6 Å². The Morgan fingerprint density at radius 3 is 2.33 bits per heavy atom. The number of halogens is 2.